The second-order valence-corrected chi connectivity index (χ2v) is 11.1. The molecule has 6 heteroatoms. The molecule has 0 N–H and O–H groups in total. The van der Waals surface area contributed by atoms with E-state index in [0.29, 0.717) is 18.7 Å². The van der Waals surface area contributed by atoms with Gasteiger partial charge in [-0.25, -0.2) is 0 Å². The number of amides is 2. The quantitative estimate of drug-likeness (QED) is 0.556. The van der Waals surface area contributed by atoms with E-state index in [-0.39, 0.29) is 28.8 Å². The average molecular weight is 401 g/mol. The van der Waals surface area contributed by atoms with Gasteiger partial charge in [0, 0.05) is 49.4 Å². The van der Waals surface area contributed by atoms with Crippen molar-refractivity contribution >= 4 is 29.4 Å². The maximum absolute atomic E-state index is 13.0. The number of hydrogen-bond donors (Lipinski definition) is 0. The molecule has 2 amide bonds. The Labute approximate surface area is 170 Å². The van der Waals surface area contributed by atoms with Crippen molar-refractivity contribution in [3.05, 3.63) is 0 Å². The first-order chi connectivity index (χ1) is 12.2. The van der Waals surface area contributed by atoms with Gasteiger partial charge in [0.1, 0.15) is 11.8 Å². The van der Waals surface area contributed by atoms with Crippen LogP contribution in [0.3, 0.4) is 0 Å². The zero-order chi connectivity index (χ0) is 21.4. The fraction of sp³-hybridized carbons (Fsp3) is 0.857. The van der Waals surface area contributed by atoms with E-state index < -0.39 is 11.5 Å². The number of nitrogens with zero attached hydrogens (tertiary/aromatic N) is 2. The Balaban J connectivity index is 5.22. The topological polar surface area (TPSA) is 57.7 Å². The number of Topliss-reactive ketones (excluding diaryl/α,β-unsaturated/α-hetero) is 1. The van der Waals surface area contributed by atoms with Crippen molar-refractivity contribution in [2.24, 2.45) is 5.41 Å². The average Bonchev–Trinajstić information content (AvgIpc) is 2.53. The predicted molar refractivity (Wildman–Crippen MR) is 115 cm³/mol. The molecule has 158 valence electrons. The third-order valence-corrected chi connectivity index (χ3v) is 5.71. The molecule has 1 atom stereocenters. The lowest BCUT2D eigenvalue weighted by atomic mass is 9.86. The van der Waals surface area contributed by atoms with E-state index in [4.69, 9.17) is 0 Å². The van der Waals surface area contributed by atoms with Crippen LogP contribution in [0.15, 0.2) is 0 Å². The maximum atomic E-state index is 13.0. The van der Waals surface area contributed by atoms with Gasteiger partial charge in [0.15, 0.2) is 0 Å². The fourth-order valence-electron chi connectivity index (χ4n) is 2.43. The van der Waals surface area contributed by atoms with E-state index >= 15 is 0 Å². The SMILES string of the molecule is CCCCN(C)C(=O)C(CC(=O)C(C)(C)C)N(C)C(=O)CCSC(C)(C)C. The molecule has 0 aliphatic carbocycles. The van der Waals surface area contributed by atoms with Gasteiger partial charge >= 0.3 is 0 Å². The molecule has 0 rings (SSSR count). The summed E-state index contributed by atoms with van der Waals surface area (Å²) in [5, 5.41) is 0. The van der Waals surface area contributed by atoms with Crippen molar-refractivity contribution in [3.63, 3.8) is 0 Å². The van der Waals surface area contributed by atoms with E-state index in [1.165, 1.54) is 4.90 Å². The number of rotatable bonds is 10. The molecule has 27 heavy (non-hydrogen) atoms. The van der Waals surface area contributed by atoms with Crippen molar-refractivity contribution in [2.75, 3.05) is 26.4 Å². The van der Waals surface area contributed by atoms with Gasteiger partial charge in [0.05, 0.1) is 0 Å². The molecule has 0 aromatic rings. The Morgan fingerprint density at radius 1 is 1.00 bits per heavy atom. The van der Waals surface area contributed by atoms with Crippen LogP contribution in [-0.4, -0.2) is 64.6 Å². The first-order valence-electron chi connectivity index (χ1n) is 9.88. The maximum Gasteiger partial charge on any atom is 0.245 e. The summed E-state index contributed by atoms with van der Waals surface area (Å²) >= 11 is 1.73. The van der Waals surface area contributed by atoms with Crippen LogP contribution in [0.25, 0.3) is 0 Å². The number of unbranched alkanes of at least 4 members (excludes halogenated alkanes) is 1. The molecule has 0 saturated heterocycles. The molecule has 0 aliphatic heterocycles. The predicted octanol–water partition coefficient (Wildman–Crippen LogP) is 4.00. The number of ketones is 1. The Morgan fingerprint density at radius 2 is 1.56 bits per heavy atom. The minimum Gasteiger partial charge on any atom is -0.344 e. The second kappa shape index (κ2) is 11.1. The summed E-state index contributed by atoms with van der Waals surface area (Å²) in [6.45, 7) is 14.6. The first-order valence-corrected chi connectivity index (χ1v) is 10.9. The summed E-state index contributed by atoms with van der Waals surface area (Å²) in [6.07, 6.45) is 2.32. The van der Waals surface area contributed by atoms with Crippen LogP contribution in [0.2, 0.25) is 0 Å². The van der Waals surface area contributed by atoms with Gasteiger partial charge in [-0.05, 0) is 6.42 Å². The summed E-state index contributed by atoms with van der Waals surface area (Å²) in [5.41, 5.74) is -0.535. The third-order valence-electron chi connectivity index (χ3n) is 4.44. The Morgan fingerprint density at radius 3 is 2.00 bits per heavy atom. The molecular weight excluding hydrogens is 360 g/mol. The number of carbonyl (C=O) groups excluding carboxylic acids is 3. The molecule has 0 bridgehead atoms. The number of likely N-dealkylation sites (N-methyl/N-ethyl adjacent to an activating group) is 2. The van der Waals surface area contributed by atoms with E-state index in [1.54, 1.807) is 30.8 Å². The Hall–Kier alpha value is -1.04. The van der Waals surface area contributed by atoms with Crippen molar-refractivity contribution in [1.29, 1.82) is 0 Å². The Kier molecular flexibility index (Phi) is 10.7. The monoisotopic (exact) mass is 400 g/mol. The molecule has 0 fully saturated rings. The summed E-state index contributed by atoms with van der Waals surface area (Å²) in [6, 6.07) is -0.731. The normalized spacial score (nSPS) is 13.2. The molecule has 0 aromatic heterocycles. The van der Waals surface area contributed by atoms with Gasteiger partial charge in [0.25, 0.3) is 0 Å². The van der Waals surface area contributed by atoms with Crippen molar-refractivity contribution < 1.29 is 14.4 Å². The minimum absolute atomic E-state index is 0.00606. The molecule has 0 aliphatic rings. The van der Waals surface area contributed by atoms with Crippen LogP contribution < -0.4 is 0 Å². The number of thioether (sulfide) groups is 1. The van der Waals surface area contributed by atoms with Crippen LogP contribution in [-0.2, 0) is 14.4 Å². The summed E-state index contributed by atoms with van der Waals surface area (Å²) in [5.74, 6) is 0.455. The van der Waals surface area contributed by atoms with Crippen LogP contribution in [0.1, 0.15) is 74.1 Å². The molecule has 1 unspecified atom stereocenters. The lowest BCUT2D eigenvalue weighted by Crippen LogP contribution is -2.50. The van der Waals surface area contributed by atoms with E-state index in [0.717, 1.165) is 12.8 Å². The third kappa shape index (κ3) is 10.2. The van der Waals surface area contributed by atoms with Gasteiger partial charge in [-0.3, -0.25) is 14.4 Å². The number of carbonyl (C=O) groups is 3. The summed E-state index contributed by atoms with van der Waals surface area (Å²) in [7, 11) is 3.40. The highest BCUT2D eigenvalue weighted by Gasteiger charge is 2.34. The lowest BCUT2D eigenvalue weighted by Gasteiger charge is -2.32. The van der Waals surface area contributed by atoms with Gasteiger partial charge in [-0.2, -0.15) is 11.8 Å². The largest absolute Gasteiger partial charge is 0.344 e. The van der Waals surface area contributed by atoms with Crippen molar-refractivity contribution in [3.8, 4) is 0 Å². The molecule has 0 heterocycles. The highest BCUT2D eigenvalue weighted by molar-refractivity contribution is 8.00. The molecule has 0 saturated carbocycles. The van der Waals surface area contributed by atoms with Crippen LogP contribution in [0.5, 0.6) is 0 Å². The lowest BCUT2D eigenvalue weighted by molar-refractivity contribution is -0.146. The van der Waals surface area contributed by atoms with Gasteiger partial charge in [-0.1, -0.05) is 54.9 Å². The smallest absolute Gasteiger partial charge is 0.245 e. The fourth-order valence-corrected chi connectivity index (χ4v) is 3.32. The molecule has 0 radical (unpaired) electrons. The van der Waals surface area contributed by atoms with Gasteiger partial charge in [-0.15, -0.1) is 0 Å². The van der Waals surface area contributed by atoms with Gasteiger partial charge in [0.2, 0.25) is 11.8 Å². The molecule has 0 aromatic carbocycles. The zero-order valence-electron chi connectivity index (χ0n) is 18.8. The van der Waals surface area contributed by atoms with Crippen molar-refractivity contribution in [2.45, 2.75) is 84.9 Å². The summed E-state index contributed by atoms with van der Waals surface area (Å²) < 4.78 is 0.0939. The minimum atomic E-state index is -0.731. The zero-order valence-corrected chi connectivity index (χ0v) is 19.7. The van der Waals surface area contributed by atoms with Crippen LogP contribution >= 0.6 is 11.8 Å². The number of hydrogen-bond acceptors (Lipinski definition) is 4. The van der Waals surface area contributed by atoms with E-state index in [9.17, 15) is 14.4 Å². The highest BCUT2D eigenvalue weighted by Crippen LogP contribution is 2.25. The van der Waals surface area contributed by atoms with E-state index in [2.05, 4.69) is 27.7 Å². The molecular formula is C21H40N2O3S. The molecule has 0 spiro atoms. The summed E-state index contributed by atoms with van der Waals surface area (Å²) in [4.78, 5) is 41.3. The first kappa shape index (κ1) is 26.0. The second-order valence-electron chi connectivity index (χ2n) is 9.22. The molecule has 5 nitrogen and oxygen atoms in total. The van der Waals surface area contributed by atoms with Crippen LogP contribution in [0, 0.1) is 5.41 Å². The van der Waals surface area contributed by atoms with Gasteiger partial charge < -0.3 is 9.80 Å². The van der Waals surface area contributed by atoms with Crippen molar-refractivity contribution in [1.82, 2.24) is 9.80 Å². The highest BCUT2D eigenvalue weighted by atomic mass is 32.2. The Bertz CT molecular complexity index is 507. The van der Waals surface area contributed by atoms with Crippen LogP contribution in [0.4, 0.5) is 0 Å². The van der Waals surface area contributed by atoms with E-state index in [1.807, 2.05) is 20.8 Å². The standard InChI is InChI=1S/C21H40N2O3S/c1-10-11-13-22(8)19(26)16(15-17(24)20(2,3)4)23(9)18(25)12-14-27-21(5,6)7/h16H,10-15H2,1-9H3.